The van der Waals surface area contributed by atoms with Crippen LogP contribution in [0.2, 0.25) is 0 Å². The van der Waals surface area contributed by atoms with E-state index < -0.39 is 17.4 Å². The van der Waals surface area contributed by atoms with E-state index in [2.05, 4.69) is 15.6 Å². The maximum atomic E-state index is 13.3. The van der Waals surface area contributed by atoms with Crippen LogP contribution in [0.1, 0.15) is 32.5 Å². The van der Waals surface area contributed by atoms with Crippen molar-refractivity contribution in [2.24, 2.45) is 0 Å². The van der Waals surface area contributed by atoms with Crippen molar-refractivity contribution >= 4 is 61.4 Å². The van der Waals surface area contributed by atoms with Gasteiger partial charge in [-0.25, -0.2) is 9.78 Å². The smallest absolute Gasteiger partial charge is 0.341 e. The van der Waals surface area contributed by atoms with Crippen LogP contribution in [0.4, 0.5) is 10.7 Å². The summed E-state index contributed by atoms with van der Waals surface area (Å²) in [5.41, 5.74) is 1.83. The minimum absolute atomic E-state index is 0.190. The molecular weight excluding hydrogens is 548 g/mol. The number of rotatable bonds is 8. The van der Waals surface area contributed by atoms with E-state index in [-0.39, 0.29) is 30.0 Å². The highest BCUT2D eigenvalue weighted by Gasteiger charge is 2.22. The number of hydrogen-bond acceptors (Lipinski definition) is 8. The molecule has 40 heavy (non-hydrogen) atoms. The maximum Gasteiger partial charge on any atom is 0.341 e. The lowest BCUT2D eigenvalue weighted by atomic mass is 10.1. The fourth-order valence-corrected chi connectivity index (χ4v) is 6.21. The molecule has 0 spiro atoms. The lowest BCUT2D eigenvalue weighted by molar-refractivity contribution is -0.116. The standard InChI is InChI=1S/C29H24N4O5S2/c1-3-38-29(37)20-14-21(18-10-6-4-7-11-18)39-26(20)32-22(34)15-33-16-30-27-23(28(33)36)17(2)24(40-27)25(35)31-19-12-8-5-9-13-19/h4-14,16H,3,15H2,1-2H3,(H,31,35)(H,32,34). The van der Waals surface area contributed by atoms with Crippen LogP contribution in [0.25, 0.3) is 20.7 Å². The fraction of sp³-hybridized carbons (Fsp3) is 0.138. The Morgan fingerprint density at radius 3 is 2.38 bits per heavy atom. The first kappa shape index (κ1) is 27.0. The van der Waals surface area contributed by atoms with E-state index in [1.54, 1.807) is 32.0 Å². The monoisotopic (exact) mass is 572 g/mol. The molecule has 0 aliphatic rings. The number of nitrogens with one attached hydrogen (secondary N) is 2. The van der Waals surface area contributed by atoms with Gasteiger partial charge in [-0.05, 0) is 43.2 Å². The summed E-state index contributed by atoms with van der Waals surface area (Å²) in [4.78, 5) is 57.8. The van der Waals surface area contributed by atoms with Crippen LogP contribution in [0.5, 0.6) is 0 Å². The van der Waals surface area contributed by atoms with Crippen LogP contribution < -0.4 is 16.2 Å². The molecule has 11 heteroatoms. The number of hydrogen-bond donors (Lipinski definition) is 2. The van der Waals surface area contributed by atoms with E-state index >= 15 is 0 Å². The van der Waals surface area contributed by atoms with Gasteiger partial charge in [-0.3, -0.25) is 19.0 Å². The largest absolute Gasteiger partial charge is 0.462 e. The molecule has 0 saturated carbocycles. The van der Waals surface area contributed by atoms with Crippen molar-refractivity contribution < 1.29 is 19.1 Å². The van der Waals surface area contributed by atoms with Gasteiger partial charge in [-0.15, -0.1) is 22.7 Å². The molecule has 2 aromatic carbocycles. The molecule has 9 nitrogen and oxygen atoms in total. The molecule has 0 bridgehead atoms. The van der Waals surface area contributed by atoms with E-state index in [1.165, 1.54) is 22.2 Å². The molecule has 0 aliphatic heterocycles. The molecule has 5 aromatic rings. The zero-order valence-corrected chi connectivity index (χ0v) is 23.2. The Morgan fingerprint density at radius 1 is 0.975 bits per heavy atom. The van der Waals surface area contributed by atoms with Crippen LogP contribution >= 0.6 is 22.7 Å². The molecule has 0 atom stereocenters. The van der Waals surface area contributed by atoms with Crippen molar-refractivity contribution in [3.8, 4) is 10.4 Å². The average molecular weight is 573 g/mol. The van der Waals surface area contributed by atoms with E-state index in [0.717, 1.165) is 21.8 Å². The highest BCUT2D eigenvalue weighted by molar-refractivity contribution is 7.20. The number of ether oxygens (including phenoxy) is 1. The highest BCUT2D eigenvalue weighted by atomic mass is 32.1. The summed E-state index contributed by atoms with van der Waals surface area (Å²) >= 11 is 2.36. The summed E-state index contributed by atoms with van der Waals surface area (Å²) in [6, 6.07) is 20.2. The maximum absolute atomic E-state index is 13.3. The van der Waals surface area contributed by atoms with Crippen LogP contribution in [-0.4, -0.2) is 33.9 Å². The van der Waals surface area contributed by atoms with Crippen LogP contribution in [0.3, 0.4) is 0 Å². The molecule has 0 unspecified atom stereocenters. The molecule has 0 radical (unpaired) electrons. The third-order valence-electron chi connectivity index (χ3n) is 6.01. The first-order valence-electron chi connectivity index (χ1n) is 12.4. The first-order valence-corrected chi connectivity index (χ1v) is 14.0. The second-order valence-corrected chi connectivity index (χ2v) is 10.8. The first-order chi connectivity index (χ1) is 19.4. The van der Waals surface area contributed by atoms with E-state index in [0.29, 0.717) is 26.0 Å². The molecule has 0 saturated heterocycles. The van der Waals surface area contributed by atoms with Gasteiger partial charge in [0.2, 0.25) is 5.91 Å². The second-order valence-electron chi connectivity index (χ2n) is 8.72. The van der Waals surface area contributed by atoms with Crippen LogP contribution in [0.15, 0.2) is 77.9 Å². The van der Waals surface area contributed by atoms with E-state index in [4.69, 9.17) is 4.74 Å². The summed E-state index contributed by atoms with van der Waals surface area (Å²) in [6.07, 6.45) is 1.29. The lowest BCUT2D eigenvalue weighted by Gasteiger charge is -2.08. The van der Waals surface area contributed by atoms with Crippen molar-refractivity contribution in [2.75, 3.05) is 17.2 Å². The van der Waals surface area contributed by atoms with Crippen molar-refractivity contribution in [1.29, 1.82) is 0 Å². The van der Waals surface area contributed by atoms with Crippen LogP contribution in [-0.2, 0) is 16.1 Å². The Kier molecular flexibility index (Phi) is 7.85. The summed E-state index contributed by atoms with van der Waals surface area (Å²) in [5, 5.41) is 6.20. The third-order valence-corrected chi connectivity index (χ3v) is 8.31. The molecule has 202 valence electrons. The molecule has 3 heterocycles. The zero-order chi connectivity index (χ0) is 28.2. The molecule has 3 aromatic heterocycles. The zero-order valence-electron chi connectivity index (χ0n) is 21.6. The summed E-state index contributed by atoms with van der Waals surface area (Å²) in [5.74, 6) is -1.40. The summed E-state index contributed by atoms with van der Waals surface area (Å²) < 4.78 is 6.36. The lowest BCUT2D eigenvalue weighted by Crippen LogP contribution is -2.28. The van der Waals surface area contributed by atoms with Gasteiger partial charge >= 0.3 is 5.97 Å². The number of amides is 2. The van der Waals surface area contributed by atoms with Crippen molar-refractivity contribution in [3.05, 3.63) is 99.4 Å². The number of carbonyl (C=O) groups is 3. The number of thiophene rings is 2. The Bertz CT molecular complexity index is 1780. The van der Waals surface area contributed by atoms with Gasteiger partial charge in [0.05, 0.1) is 28.8 Å². The molecule has 2 amide bonds. The number of aromatic nitrogens is 2. The summed E-state index contributed by atoms with van der Waals surface area (Å²) in [7, 11) is 0. The van der Waals surface area contributed by atoms with E-state index in [1.807, 2.05) is 48.5 Å². The van der Waals surface area contributed by atoms with Crippen molar-refractivity contribution in [3.63, 3.8) is 0 Å². The van der Waals surface area contributed by atoms with Crippen LogP contribution in [0, 0.1) is 6.92 Å². The van der Waals surface area contributed by atoms with Crippen molar-refractivity contribution in [1.82, 2.24) is 9.55 Å². The van der Waals surface area contributed by atoms with Gasteiger partial charge in [0, 0.05) is 10.6 Å². The number of nitrogens with zero attached hydrogens (tertiary/aromatic N) is 2. The predicted molar refractivity (Wildman–Crippen MR) is 157 cm³/mol. The van der Waals surface area contributed by atoms with E-state index in [9.17, 15) is 19.2 Å². The highest BCUT2D eigenvalue weighted by Crippen LogP contribution is 2.36. The van der Waals surface area contributed by atoms with Gasteiger partial charge in [0.1, 0.15) is 16.4 Å². The number of benzene rings is 2. The normalized spacial score (nSPS) is 10.8. The Morgan fingerprint density at radius 2 is 1.68 bits per heavy atom. The van der Waals surface area contributed by atoms with Gasteiger partial charge in [-0.2, -0.15) is 0 Å². The summed E-state index contributed by atoms with van der Waals surface area (Å²) in [6.45, 7) is 3.26. The van der Waals surface area contributed by atoms with Gasteiger partial charge in [0.25, 0.3) is 11.5 Å². The number of esters is 1. The SMILES string of the molecule is CCOC(=O)c1cc(-c2ccccc2)sc1NC(=O)Cn1cnc2sc(C(=O)Nc3ccccc3)c(C)c2c1=O. The van der Waals surface area contributed by atoms with Gasteiger partial charge < -0.3 is 15.4 Å². The predicted octanol–water partition coefficient (Wildman–Crippen LogP) is 5.56. The van der Waals surface area contributed by atoms with Gasteiger partial charge in [-0.1, -0.05) is 48.5 Å². The molecule has 0 fully saturated rings. The number of para-hydroxylation sites is 1. The third kappa shape index (κ3) is 5.56. The quantitative estimate of drug-likeness (QED) is 0.235. The van der Waals surface area contributed by atoms with Crippen molar-refractivity contribution in [2.45, 2.75) is 20.4 Å². The molecule has 2 N–H and O–H groups in total. The number of carbonyl (C=O) groups excluding carboxylic acids is 3. The Hall–Kier alpha value is -4.61. The topological polar surface area (TPSA) is 119 Å². The average Bonchev–Trinajstić information content (AvgIpc) is 3.53. The fourth-order valence-electron chi connectivity index (χ4n) is 4.11. The minimum Gasteiger partial charge on any atom is -0.462 e. The molecule has 5 rings (SSSR count). The molecule has 0 aliphatic carbocycles. The number of aryl methyl sites for hydroxylation is 1. The Balaban J connectivity index is 1.39. The number of fused-ring (bicyclic) bond motifs is 1. The minimum atomic E-state index is -0.549. The molecular formula is C29H24N4O5S2. The van der Waals surface area contributed by atoms with Gasteiger partial charge in [0.15, 0.2) is 0 Å². The Labute approximate surface area is 237 Å². The second kappa shape index (κ2) is 11.6. The number of anilines is 2.